The first kappa shape index (κ1) is 14.2. The van der Waals surface area contributed by atoms with Gasteiger partial charge in [-0.15, -0.1) is 12.4 Å². The summed E-state index contributed by atoms with van der Waals surface area (Å²) in [7, 11) is 0. The molecule has 1 aliphatic rings. The molecule has 3 N–H and O–H groups in total. The van der Waals surface area contributed by atoms with Crippen molar-refractivity contribution in [3.05, 3.63) is 35.9 Å². The average molecular weight is 256 g/mol. The first-order chi connectivity index (χ1) is 7.43. The Morgan fingerprint density at radius 3 is 2.29 bits per heavy atom. The first-order valence-electron chi connectivity index (χ1n) is 5.48. The van der Waals surface area contributed by atoms with Gasteiger partial charge >= 0.3 is 0 Å². The summed E-state index contributed by atoms with van der Waals surface area (Å²) >= 11 is 0. The van der Waals surface area contributed by atoms with Gasteiger partial charge in [-0.3, -0.25) is 4.79 Å². The Morgan fingerprint density at radius 2 is 1.82 bits per heavy atom. The molecule has 0 heterocycles. The fourth-order valence-corrected chi connectivity index (χ4v) is 2.09. The molecular weight excluding hydrogens is 238 g/mol. The Morgan fingerprint density at radius 1 is 1.29 bits per heavy atom. The van der Waals surface area contributed by atoms with Gasteiger partial charge in [0.2, 0.25) is 0 Å². The van der Waals surface area contributed by atoms with Crippen LogP contribution in [-0.2, 0) is 4.79 Å². The van der Waals surface area contributed by atoms with Gasteiger partial charge in [0, 0.05) is 5.54 Å². The second kappa shape index (κ2) is 4.77. The van der Waals surface area contributed by atoms with Crippen LogP contribution in [0.5, 0.6) is 0 Å². The maximum atomic E-state index is 11.7. The van der Waals surface area contributed by atoms with Gasteiger partial charge in [0.15, 0.2) is 0 Å². The van der Waals surface area contributed by atoms with Crippen molar-refractivity contribution in [1.82, 2.24) is 0 Å². The third-order valence-electron chi connectivity index (χ3n) is 3.15. The van der Waals surface area contributed by atoms with Crippen molar-refractivity contribution in [2.24, 2.45) is 11.7 Å². The lowest BCUT2D eigenvalue weighted by Gasteiger charge is -2.25. The smallest absolute Gasteiger partial charge is 0.147 e. The van der Waals surface area contributed by atoms with Crippen LogP contribution in [-0.4, -0.2) is 22.5 Å². The van der Waals surface area contributed by atoms with Crippen molar-refractivity contribution >= 4 is 18.2 Å². The highest BCUT2D eigenvalue weighted by Crippen LogP contribution is 2.47. The van der Waals surface area contributed by atoms with Crippen molar-refractivity contribution in [2.45, 2.75) is 31.4 Å². The SMILES string of the molecule is CC(C)(N)C(O)C1C(=O)C1c1ccccc1.Cl. The van der Waals surface area contributed by atoms with Crippen molar-refractivity contribution < 1.29 is 9.90 Å². The fraction of sp³-hybridized carbons (Fsp3) is 0.462. The molecule has 0 spiro atoms. The molecule has 1 aromatic rings. The maximum Gasteiger partial charge on any atom is 0.147 e. The molecule has 1 aromatic carbocycles. The second-order valence-electron chi connectivity index (χ2n) is 5.08. The van der Waals surface area contributed by atoms with E-state index in [2.05, 4.69) is 0 Å². The van der Waals surface area contributed by atoms with Crippen LogP contribution in [0, 0.1) is 5.92 Å². The van der Waals surface area contributed by atoms with Crippen LogP contribution >= 0.6 is 12.4 Å². The number of benzene rings is 1. The molecule has 4 heteroatoms. The number of aliphatic hydroxyl groups is 1. The topological polar surface area (TPSA) is 63.3 Å². The van der Waals surface area contributed by atoms with Crippen LogP contribution in [0.3, 0.4) is 0 Å². The standard InChI is InChI=1S/C13H17NO2.ClH/c1-13(2,14)12(16)10-9(11(10)15)8-6-4-3-5-7-8;/h3-7,9-10,12,16H,14H2,1-2H3;1H. The molecule has 94 valence electrons. The predicted octanol–water partition coefficient (Wildman–Crippen LogP) is 1.49. The van der Waals surface area contributed by atoms with Crippen molar-refractivity contribution in [3.8, 4) is 0 Å². The Labute approximate surface area is 107 Å². The molecule has 0 saturated heterocycles. The van der Waals surface area contributed by atoms with E-state index in [1.165, 1.54) is 0 Å². The van der Waals surface area contributed by atoms with Gasteiger partial charge in [-0.2, -0.15) is 0 Å². The molecular formula is C13H18ClNO2. The van der Waals surface area contributed by atoms with E-state index in [1.807, 2.05) is 30.3 Å². The third kappa shape index (κ3) is 2.68. The Kier molecular flexibility index (Phi) is 3.97. The number of halogens is 1. The summed E-state index contributed by atoms with van der Waals surface area (Å²) in [5.74, 6) is -0.404. The summed E-state index contributed by atoms with van der Waals surface area (Å²) in [6, 6.07) is 9.54. The number of carbonyl (C=O) groups is 1. The van der Waals surface area contributed by atoms with Crippen molar-refractivity contribution in [1.29, 1.82) is 0 Å². The highest BCUT2D eigenvalue weighted by Gasteiger charge is 2.56. The normalized spacial score (nSPS) is 25.1. The van der Waals surface area contributed by atoms with Gasteiger partial charge in [0.1, 0.15) is 5.78 Å². The van der Waals surface area contributed by atoms with Crippen molar-refractivity contribution in [2.75, 3.05) is 0 Å². The summed E-state index contributed by atoms with van der Waals surface area (Å²) < 4.78 is 0. The minimum absolute atomic E-state index is 0. The zero-order valence-electron chi connectivity index (χ0n) is 9.96. The van der Waals surface area contributed by atoms with Crippen LogP contribution < -0.4 is 5.73 Å². The molecule has 3 nitrogen and oxygen atoms in total. The fourth-order valence-electron chi connectivity index (χ4n) is 2.09. The molecule has 17 heavy (non-hydrogen) atoms. The molecule has 0 radical (unpaired) electrons. The van der Waals surface area contributed by atoms with Gasteiger partial charge in [-0.1, -0.05) is 30.3 Å². The zero-order chi connectivity index (χ0) is 11.9. The van der Waals surface area contributed by atoms with E-state index in [0.717, 1.165) is 5.56 Å². The number of aliphatic hydroxyl groups excluding tert-OH is 1. The Bertz CT molecular complexity index is 400. The Balaban J connectivity index is 0.00000144. The summed E-state index contributed by atoms with van der Waals surface area (Å²) in [5.41, 5.74) is 6.06. The lowest BCUT2D eigenvalue weighted by Crippen LogP contribution is -2.46. The first-order valence-corrected chi connectivity index (χ1v) is 5.48. The molecule has 0 bridgehead atoms. The average Bonchev–Trinajstić information content (AvgIpc) is 2.88. The monoisotopic (exact) mass is 255 g/mol. The minimum atomic E-state index is -0.773. The highest BCUT2D eigenvalue weighted by molar-refractivity contribution is 6.05. The molecule has 3 unspecified atom stereocenters. The van der Waals surface area contributed by atoms with Gasteiger partial charge in [0.05, 0.1) is 17.9 Å². The maximum absolute atomic E-state index is 11.7. The quantitative estimate of drug-likeness (QED) is 0.860. The van der Waals surface area contributed by atoms with Crippen LogP contribution in [0.25, 0.3) is 0 Å². The lowest BCUT2D eigenvalue weighted by molar-refractivity contribution is -0.113. The molecule has 1 saturated carbocycles. The third-order valence-corrected chi connectivity index (χ3v) is 3.15. The van der Waals surface area contributed by atoms with E-state index in [-0.39, 0.29) is 30.0 Å². The lowest BCUT2D eigenvalue weighted by atomic mass is 9.93. The molecule has 0 aliphatic heterocycles. The van der Waals surface area contributed by atoms with E-state index < -0.39 is 11.6 Å². The molecule has 1 fully saturated rings. The summed E-state index contributed by atoms with van der Waals surface area (Å²) in [5, 5.41) is 9.98. The van der Waals surface area contributed by atoms with Crippen LogP contribution in [0.1, 0.15) is 25.3 Å². The Hall–Kier alpha value is -0.900. The zero-order valence-corrected chi connectivity index (χ0v) is 10.8. The summed E-state index contributed by atoms with van der Waals surface area (Å²) in [6.45, 7) is 3.48. The predicted molar refractivity (Wildman–Crippen MR) is 69.2 cm³/mol. The van der Waals surface area contributed by atoms with Gasteiger partial charge in [0.25, 0.3) is 0 Å². The van der Waals surface area contributed by atoms with Crippen LogP contribution in [0.2, 0.25) is 0 Å². The minimum Gasteiger partial charge on any atom is -0.390 e. The second-order valence-corrected chi connectivity index (χ2v) is 5.08. The van der Waals surface area contributed by atoms with Crippen LogP contribution in [0.15, 0.2) is 30.3 Å². The van der Waals surface area contributed by atoms with E-state index >= 15 is 0 Å². The summed E-state index contributed by atoms with van der Waals surface area (Å²) in [6.07, 6.45) is -0.773. The molecule has 3 atom stereocenters. The van der Waals surface area contributed by atoms with Crippen molar-refractivity contribution in [3.63, 3.8) is 0 Å². The van der Waals surface area contributed by atoms with Gasteiger partial charge in [-0.25, -0.2) is 0 Å². The molecule has 0 aromatic heterocycles. The number of hydrogen-bond donors (Lipinski definition) is 2. The largest absolute Gasteiger partial charge is 0.390 e. The number of Topliss-reactive ketones (excluding diaryl/α,β-unsaturated/α-hetero) is 1. The van der Waals surface area contributed by atoms with Gasteiger partial charge < -0.3 is 10.8 Å². The number of hydrogen-bond acceptors (Lipinski definition) is 3. The van der Waals surface area contributed by atoms with Gasteiger partial charge in [-0.05, 0) is 19.4 Å². The number of nitrogens with two attached hydrogens (primary N) is 1. The number of rotatable bonds is 3. The van der Waals surface area contributed by atoms with E-state index in [4.69, 9.17) is 5.73 Å². The highest BCUT2D eigenvalue weighted by atomic mass is 35.5. The number of carbonyl (C=O) groups excluding carboxylic acids is 1. The van der Waals surface area contributed by atoms with E-state index in [1.54, 1.807) is 13.8 Å². The van der Waals surface area contributed by atoms with E-state index in [0.29, 0.717) is 0 Å². The molecule has 2 rings (SSSR count). The van der Waals surface area contributed by atoms with Crippen LogP contribution in [0.4, 0.5) is 0 Å². The van der Waals surface area contributed by atoms with E-state index in [9.17, 15) is 9.90 Å². The molecule has 1 aliphatic carbocycles. The summed E-state index contributed by atoms with van der Waals surface area (Å²) in [4.78, 5) is 11.7. The number of ketones is 1. The molecule has 0 amide bonds.